The van der Waals surface area contributed by atoms with Crippen LogP contribution in [0.15, 0.2) is 10.6 Å². The van der Waals surface area contributed by atoms with Crippen molar-refractivity contribution in [1.82, 2.24) is 10.3 Å². The summed E-state index contributed by atoms with van der Waals surface area (Å²) in [6.45, 7) is 4.54. The largest absolute Gasteiger partial charge is 0.446 e. The summed E-state index contributed by atoms with van der Waals surface area (Å²) >= 11 is 0. The van der Waals surface area contributed by atoms with E-state index in [4.69, 9.17) is 9.15 Å². The van der Waals surface area contributed by atoms with Crippen LogP contribution in [0.4, 0.5) is 0 Å². The molecule has 4 heteroatoms. The van der Waals surface area contributed by atoms with Gasteiger partial charge in [0.05, 0.1) is 12.8 Å². The zero-order valence-electron chi connectivity index (χ0n) is 10.6. The Balaban J connectivity index is 1.59. The van der Waals surface area contributed by atoms with Crippen molar-refractivity contribution in [3.8, 4) is 0 Å². The fourth-order valence-corrected chi connectivity index (χ4v) is 1.73. The summed E-state index contributed by atoms with van der Waals surface area (Å²) in [5.41, 5.74) is 0. The van der Waals surface area contributed by atoms with Gasteiger partial charge in [0.25, 0.3) is 0 Å². The van der Waals surface area contributed by atoms with Crippen LogP contribution in [0, 0.1) is 0 Å². The van der Waals surface area contributed by atoms with Gasteiger partial charge in [-0.25, -0.2) is 4.98 Å². The van der Waals surface area contributed by atoms with Gasteiger partial charge in [0.1, 0.15) is 5.76 Å². The molecule has 1 aromatic heterocycles. The number of rotatable bonds is 9. The molecule has 0 spiro atoms. The molecule has 1 saturated carbocycles. The third kappa shape index (κ3) is 4.88. The first kappa shape index (κ1) is 12.6. The summed E-state index contributed by atoms with van der Waals surface area (Å²) in [4.78, 5) is 4.28. The van der Waals surface area contributed by atoms with Gasteiger partial charge in [0, 0.05) is 25.5 Å². The first-order valence-corrected chi connectivity index (χ1v) is 6.63. The van der Waals surface area contributed by atoms with E-state index < -0.39 is 0 Å². The second-order valence-corrected chi connectivity index (χ2v) is 4.50. The van der Waals surface area contributed by atoms with Crippen LogP contribution in [0.3, 0.4) is 0 Å². The van der Waals surface area contributed by atoms with E-state index in [1.165, 1.54) is 12.8 Å². The fourth-order valence-electron chi connectivity index (χ4n) is 1.73. The maximum absolute atomic E-state index is 5.63. The molecule has 4 nitrogen and oxygen atoms in total. The molecule has 1 heterocycles. The number of aromatic nitrogens is 1. The van der Waals surface area contributed by atoms with Crippen molar-refractivity contribution >= 4 is 0 Å². The molecule has 0 amide bonds. The molecule has 0 unspecified atom stereocenters. The number of hydrogen-bond donors (Lipinski definition) is 1. The number of oxazole rings is 1. The van der Waals surface area contributed by atoms with Crippen LogP contribution in [-0.4, -0.2) is 30.8 Å². The Morgan fingerprint density at radius 2 is 2.35 bits per heavy atom. The molecule has 0 bridgehead atoms. The van der Waals surface area contributed by atoms with Crippen molar-refractivity contribution in [3.05, 3.63) is 17.8 Å². The van der Waals surface area contributed by atoms with E-state index in [-0.39, 0.29) is 0 Å². The maximum atomic E-state index is 5.63. The van der Waals surface area contributed by atoms with Gasteiger partial charge in [0.2, 0.25) is 0 Å². The maximum Gasteiger partial charge on any atom is 0.194 e. The molecule has 0 radical (unpaired) electrons. The Labute approximate surface area is 103 Å². The minimum absolute atomic E-state index is 0.717. The molecule has 0 atom stereocenters. The van der Waals surface area contributed by atoms with Gasteiger partial charge < -0.3 is 14.5 Å². The summed E-state index contributed by atoms with van der Waals surface area (Å²) in [6, 6.07) is 0.793. The molecule has 1 aromatic rings. The average molecular weight is 238 g/mol. The van der Waals surface area contributed by atoms with Gasteiger partial charge in [-0.1, -0.05) is 0 Å². The summed E-state index contributed by atoms with van der Waals surface area (Å²) < 4.78 is 10.9. The van der Waals surface area contributed by atoms with Gasteiger partial charge in [-0.15, -0.1) is 0 Å². The van der Waals surface area contributed by atoms with Crippen LogP contribution in [0.1, 0.15) is 37.8 Å². The van der Waals surface area contributed by atoms with Crippen molar-refractivity contribution in [1.29, 1.82) is 0 Å². The lowest BCUT2D eigenvalue weighted by molar-refractivity contribution is 0.146. The molecule has 0 aliphatic heterocycles. The summed E-state index contributed by atoms with van der Waals surface area (Å²) in [5.74, 6) is 1.79. The van der Waals surface area contributed by atoms with Gasteiger partial charge in [-0.05, 0) is 32.7 Å². The van der Waals surface area contributed by atoms with Crippen LogP contribution in [0.5, 0.6) is 0 Å². The Hall–Kier alpha value is -0.870. The SMILES string of the molecule is CCOCCc1cnc(CCCNC2CC2)o1. The fraction of sp³-hybridized carbons (Fsp3) is 0.769. The molecule has 2 rings (SSSR count). The zero-order valence-corrected chi connectivity index (χ0v) is 10.6. The normalized spacial score (nSPS) is 15.4. The van der Waals surface area contributed by atoms with Crippen molar-refractivity contribution < 1.29 is 9.15 Å². The molecule has 0 aromatic carbocycles. The van der Waals surface area contributed by atoms with Crippen LogP contribution in [0.2, 0.25) is 0 Å². The average Bonchev–Trinajstić information content (AvgIpc) is 3.05. The summed E-state index contributed by atoms with van der Waals surface area (Å²) in [7, 11) is 0. The molecule has 17 heavy (non-hydrogen) atoms. The molecule has 96 valence electrons. The summed E-state index contributed by atoms with van der Waals surface area (Å²) in [5, 5.41) is 3.49. The number of nitrogens with zero attached hydrogens (tertiary/aromatic N) is 1. The smallest absolute Gasteiger partial charge is 0.194 e. The Morgan fingerprint density at radius 3 is 3.12 bits per heavy atom. The minimum atomic E-state index is 0.717. The van der Waals surface area contributed by atoms with E-state index in [1.54, 1.807) is 0 Å². The predicted molar refractivity (Wildman–Crippen MR) is 66.0 cm³/mol. The highest BCUT2D eigenvalue weighted by molar-refractivity contribution is 4.94. The second-order valence-electron chi connectivity index (χ2n) is 4.50. The monoisotopic (exact) mass is 238 g/mol. The quantitative estimate of drug-likeness (QED) is 0.668. The lowest BCUT2D eigenvalue weighted by Gasteiger charge is -2.00. The van der Waals surface area contributed by atoms with Crippen LogP contribution in [0.25, 0.3) is 0 Å². The van der Waals surface area contributed by atoms with Crippen LogP contribution < -0.4 is 5.32 Å². The molecule has 1 N–H and O–H groups in total. The molecular weight excluding hydrogens is 216 g/mol. The van der Waals surface area contributed by atoms with E-state index in [1.807, 2.05) is 13.1 Å². The predicted octanol–water partition coefficient (Wildman–Crippen LogP) is 1.94. The molecule has 1 aliphatic carbocycles. The van der Waals surface area contributed by atoms with Crippen molar-refractivity contribution in [2.24, 2.45) is 0 Å². The minimum Gasteiger partial charge on any atom is -0.446 e. The number of ether oxygens (including phenoxy) is 1. The third-order valence-electron chi connectivity index (χ3n) is 2.88. The van der Waals surface area contributed by atoms with Gasteiger partial charge in [-0.2, -0.15) is 0 Å². The molecule has 0 saturated heterocycles. The highest BCUT2D eigenvalue weighted by atomic mass is 16.5. The first-order chi connectivity index (χ1) is 8.38. The second kappa shape index (κ2) is 6.77. The van der Waals surface area contributed by atoms with Gasteiger partial charge in [-0.3, -0.25) is 0 Å². The van der Waals surface area contributed by atoms with Crippen LogP contribution >= 0.6 is 0 Å². The first-order valence-electron chi connectivity index (χ1n) is 6.63. The van der Waals surface area contributed by atoms with E-state index >= 15 is 0 Å². The van der Waals surface area contributed by atoms with Crippen LogP contribution in [-0.2, 0) is 17.6 Å². The van der Waals surface area contributed by atoms with E-state index in [0.29, 0.717) is 6.61 Å². The van der Waals surface area contributed by atoms with Gasteiger partial charge >= 0.3 is 0 Å². The molecule has 1 fully saturated rings. The highest BCUT2D eigenvalue weighted by Crippen LogP contribution is 2.18. The standard InChI is InChI=1S/C13H22N2O2/c1-2-16-9-7-12-10-15-13(17-12)4-3-8-14-11-5-6-11/h10-11,14H,2-9H2,1H3. The lowest BCUT2D eigenvalue weighted by Crippen LogP contribution is -2.17. The molecular formula is C13H22N2O2. The highest BCUT2D eigenvalue weighted by Gasteiger charge is 2.19. The zero-order chi connectivity index (χ0) is 11.9. The van der Waals surface area contributed by atoms with Crippen molar-refractivity contribution in [2.45, 2.75) is 45.1 Å². The van der Waals surface area contributed by atoms with Crippen molar-refractivity contribution in [3.63, 3.8) is 0 Å². The number of nitrogens with one attached hydrogen (secondary N) is 1. The Bertz CT molecular complexity index is 321. The Kier molecular flexibility index (Phi) is 5.01. The van der Waals surface area contributed by atoms with E-state index in [2.05, 4.69) is 10.3 Å². The third-order valence-corrected chi connectivity index (χ3v) is 2.88. The Morgan fingerprint density at radius 1 is 1.47 bits per heavy atom. The number of hydrogen-bond acceptors (Lipinski definition) is 4. The number of aryl methyl sites for hydroxylation is 1. The lowest BCUT2D eigenvalue weighted by atomic mass is 10.3. The summed E-state index contributed by atoms with van der Waals surface area (Å²) in [6.07, 6.45) is 7.36. The van der Waals surface area contributed by atoms with Crippen molar-refractivity contribution in [2.75, 3.05) is 19.8 Å². The topological polar surface area (TPSA) is 47.3 Å². The van der Waals surface area contributed by atoms with E-state index in [0.717, 1.165) is 50.1 Å². The molecule has 1 aliphatic rings. The van der Waals surface area contributed by atoms with Gasteiger partial charge in [0.15, 0.2) is 5.89 Å². The van der Waals surface area contributed by atoms with E-state index in [9.17, 15) is 0 Å².